The van der Waals surface area contributed by atoms with Gasteiger partial charge in [0.1, 0.15) is 12.1 Å². The van der Waals surface area contributed by atoms with Crippen LogP contribution in [0.5, 0.6) is 0 Å². The number of fused-ring (bicyclic) bond motifs is 3. The van der Waals surface area contributed by atoms with E-state index in [2.05, 4.69) is 51.7 Å². The van der Waals surface area contributed by atoms with Crippen molar-refractivity contribution >= 4 is 0 Å². The van der Waals surface area contributed by atoms with Gasteiger partial charge in [-0.1, -0.05) is 30.3 Å². The summed E-state index contributed by atoms with van der Waals surface area (Å²) in [5, 5.41) is 3.87. The monoisotopic (exact) mass is 344 g/mol. The molecule has 2 aliphatic rings. The van der Waals surface area contributed by atoms with Crippen molar-refractivity contribution < 1.29 is 0 Å². The lowest BCUT2D eigenvalue weighted by atomic mass is 9.94. The van der Waals surface area contributed by atoms with Crippen LogP contribution in [0.2, 0.25) is 0 Å². The molecule has 4 nitrogen and oxygen atoms in total. The van der Waals surface area contributed by atoms with Crippen molar-refractivity contribution in [3.63, 3.8) is 0 Å². The van der Waals surface area contributed by atoms with Gasteiger partial charge < -0.3 is 5.32 Å². The maximum absolute atomic E-state index is 4.57. The molecule has 1 aromatic carbocycles. The van der Waals surface area contributed by atoms with E-state index < -0.39 is 0 Å². The Labute approximate surface area is 154 Å². The van der Waals surface area contributed by atoms with Gasteiger partial charge in [-0.05, 0) is 60.3 Å². The molecule has 1 N–H and O–H groups in total. The fraction of sp³-hybridized carbons (Fsp3) is 0.364. The van der Waals surface area contributed by atoms with Crippen molar-refractivity contribution in [2.24, 2.45) is 11.8 Å². The van der Waals surface area contributed by atoms with Crippen LogP contribution >= 0.6 is 0 Å². The van der Waals surface area contributed by atoms with Gasteiger partial charge in [0.05, 0.1) is 0 Å². The van der Waals surface area contributed by atoms with E-state index in [0.29, 0.717) is 6.04 Å². The van der Waals surface area contributed by atoms with Crippen molar-refractivity contribution in [2.75, 3.05) is 0 Å². The largest absolute Gasteiger partial charge is 0.309 e. The number of rotatable bonds is 4. The van der Waals surface area contributed by atoms with Crippen molar-refractivity contribution in [1.82, 2.24) is 19.9 Å². The number of hydrogen-bond donors (Lipinski definition) is 1. The summed E-state index contributed by atoms with van der Waals surface area (Å²) < 4.78 is 1.93. The topological polar surface area (TPSA) is 42.7 Å². The van der Waals surface area contributed by atoms with Gasteiger partial charge in [0.15, 0.2) is 0 Å². The predicted molar refractivity (Wildman–Crippen MR) is 102 cm³/mol. The smallest absolute Gasteiger partial charge is 0.137 e. The fourth-order valence-electron chi connectivity index (χ4n) is 4.79. The summed E-state index contributed by atoms with van der Waals surface area (Å²) in [4.78, 5) is 8.65. The zero-order valence-electron chi connectivity index (χ0n) is 14.9. The van der Waals surface area contributed by atoms with Crippen molar-refractivity contribution in [1.29, 1.82) is 0 Å². The first kappa shape index (κ1) is 15.8. The third-order valence-electron chi connectivity index (χ3n) is 6.13. The average molecular weight is 344 g/mol. The molecule has 2 bridgehead atoms. The SMILES string of the molecule is c1ccc2c(c1)CC1CCC(C2)C1NCc1ccc(-n2ccnc2)nc1. The molecular weight excluding hydrogens is 320 g/mol. The lowest BCUT2D eigenvalue weighted by molar-refractivity contribution is 0.340. The highest BCUT2D eigenvalue weighted by atomic mass is 15.1. The molecule has 1 fully saturated rings. The average Bonchev–Trinajstić information content (AvgIpc) is 3.28. The van der Waals surface area contributed by atoms with Gasteiger partial charge in [0.2, 0.25) is 0 Å². The van der Waals surface area contributed by atoms with Gasteiger partial charge in [-0.15, -0.1) is 0 Å². The Hall–Kier alpha value is -2.46. The summed E-state index contributed by atoms with van der Waals surface area (Å²) in [7, 11) is 0. The van der Waals surface area contributed by atoms with Crippen LogP contribution in [0.1, 0.15) is 29.5 Å². The maximum atomic E-state index is 4.57. The number of benzene rings is 1. The second-order valence-corrected chi connectivity index (χ2v) is 7.68. The molecule has 1 saturated carbocycles. The molecule has 5 rings (SSSR count). The molecule has 2 aliphatic carbocycles. The van der Waals surface area contributed by atoms with E-state index in [9.17, 15) is 0 Å². The molecule has 2 aromatic heterocycles. The van der Waals surface area contributed by atoms with Crippen LogP contribution in [0.25, 0.3) is 5.82 Å². The number of pyridine rings is 1. The lowest BCUT2D eigenvalue weighted by Crippen LogP contribution is -2.37. The van der Waals surface area contributed by atoms with Crippen LogP contribution in [0.4, 0.5) is 0 Å². The molecule has 132 valence electrons. The molecule has 0 spiro atoms. The molecule has 0 saturated heterocycles. The summed E-state index contributed by atoms with van der Waals surface area (Å²) in [6, 6.07) is 13.9. The molecule has 0 aliphatic heterocycles. The van der Waals surface area contributed by atoms with E-state index in [4.69, 9.17) is 0 Å². The maximum Gasteiger partial charge on any atom is 0.137 e. The highest BCUT2D eigenvalue weighted by Crippen LogP contribution is 2.40. The zero-order valence-corrected chi connectivity index (χ0v) is 14.9. The summed E-state index contributed by atoms with van der Waals surface area (Å²) in [6.07, 6.45) is 12.6. The van der Waals surface area contributed by atoms with Gasteiger partial charge in [-0.25, -0.2) is 9.97 Å². The minimum Gasteiger partial charge on any atom is -0.309 e. The molecule has 3 aromatic rings. The molecular formula is C22H24N4. The second kappa shape index (κ2) is 6.69. The number of hydrogen-bond acceptors (Lipinski definition) is 3. The standard InChI is InChI=1S/C22H24N4/c1-2-4-18-12-20-7-6-19(11-17(18)3-1)22(20)25-14-16-5-8-21(24-13-16)26-10-9-23-15-26/h1-5,8-10,13,15,19-20,22,25H,6-7,11-12,14H2. The van der Waals surface area contributed by atoms with Crippen LogP contribution in [0.3, 0.4) is 0 Å². The van der Waals surface area contributed by atoms with Crippen LogP contribution in [0, 0.1) is 11.8 Å². The number of aromatic nitrogens is 3. The Morgan fingerprint density at radius 3 is 2.38 bits per heavy atom. The summed E-state index contributed by atoms with van der Waals surface area (Å²) in [5.41, 5.74) is 4.38. The van der Waals surface area contributed by atoms with Crippen LogP contribution in [-0.2, 0) is 19.4 Å². The van der Waals surface area contributed by atoms with E-state index in [1.54, 1.807) is 23.7 Å². The van der Waals surface area contributed by atoms with E-state index in [-0.39, 0.29) is 0 Å². The molecule has 2 atom stereocenters. The highest BCUT2D eigenvalue weighted by molar-refractivity contribution is 5.31. The predicted octanol–water partition coefficient (Wildman–Crippen LogP) is 3.55. The first-order valence-corrected chi connectivity index (χ1v) is 9.60. The quantitative estimate of drug-likeness (QED) is 0.787. The lowest BCUT2D eigenvalue weighted by Gasteiger charge is -2.24. The molecule has 0 radical (unpaired) electrons. The van der Waals surface area contributed by atoms with Gasteiger partial charge in [0, 0.05) is 31.2 Å². The van der Waals surface area contributed by atoms with Crippen LogP contribution in [0.15, 0.2) is 61.3 Å². The van der Waals surface area contributed by atoms with Gasteiger partial charge in [-0.3, -0.25) is 4.57 Å². The molecule has 4 heteroatoms. The van der Waals surface area contributed by atoms with Gasteiger partial charge in [0.25, 0.3) is 0 Å². The first-order chi connectivity index (χ1) is 12.9. The number of nitrogens with zero attached hydrogens (tertiary/aromatic N) is 3. The van der Waals surface area contributed by atoms with Gasteiger partial charge >= 0.3 is 0 Å². The summed E-state index contributed by atoms with van der Waals surface area (Å²) in [5.74, 6) is 2.44. The zero-order chi connectivity index (χ0) is 17.3. The van der Waals surface area contributed by atoms with E-state index in [0.717, 1.165) is 24.2 Å². The number of nitrogens with one attached hydrogen (secondary N) is 1. The third kappa shape index (κ3) is 2.95. The Balaban J connectivity index is 1.27. The van der Waals surface area contributed by atoms with Gasteiger partial charge in [-0.2, -0.15) is 0 Å². The van der Waals surface area contributed by atoms with Crippen molar-refractivity contribution in [2.45, 2.75) is 38.3 Å². The second-order valence-electron chi connectivity index (χ2n) is 7.68. The van der Waals surface area contributed by atoms with E-state index in [1.807, 2.05) is 17.0 Å². The van der Waals surface area contributed by atoms with Crippen LogP contribution < -0.4 is 5.32 Å². The van der Waals surface area contributed by atoms with E-state index in [1.165, 1.54) is 31.2 Å². The summed E-state index contributed by atoms with van der Waals surface area (Å²) >= 11 is 0. The highest BCUT2D eigenvalue weighted by Gasteiger charge is 2.38. The number of imidazole rings is 1. The van der Waals surface area contributed by atoms with Crippen molar-refractivity contribution in [3.05, 3.63) is 78.0 Å². The Bertz CT molecular complexity index is 836. The Morgan fingerprint density at radius 1 is 1.00 bits per heavy atom. The van der Waals surface area contributed by atoms with E-state index >= 15 is 0 Å². The molecule has 2 heterocycles. The minimum atomic E-state index is 0.621. The third-order valence-corrected chi connectivity index (χ3v) is 6.13. The van der Waals surface area contributed by atoms with Crippen LogP contribution in [-0.4, -0.2) is 20.6 Å². The minimum absolute atomic E-state index is 0.621. The molecule has 26 heavy (non-hydrogen) atoms. The fourth-order valence-corrected chi connectivity index (χ4v) is 4.79. The molecule has 2 unspecified atom stereocenters. The van der Waals surface area contributed by atoms with Crippen molar-refractivity contribution in [3.8, 4) is 5.82 Å². The Morgan fingerprint density at radius 2 is 1.77 bits per heavy atom. The summed E-state index contributed by atoms with van der Waals surface area (Å²) in [6.45, 7) is 0.894. The Kier molecular flexibility index (Phi) is 4.06. The normalized spacial score (nSPS) is 24.2. The molecule has 0 amide bonds. The first-order valence-electron chi connectivity index (χ1n) is 9.60.